The molecule has 0 aromatic carbocycles. The number of thioether (sulfide) groups is 1. The van der Waals surface area contributed by atoms with Crippen molar-refractivity contribution in [2.24, 2.45) is 11.5 Å². The molecule has 0 saturated heterocycles. The molecule has 1 heterocycles. The second-order valence-electron chi connectivity index (χ2n) is 7.66. The molecule has 0 saturated carbocycles. The minimum atomic E-state index is -1.18. The second-order valence-corrected chi connectivity index (χ2v) is 9.01. The summed E-state index contributed by atoms with van der Waals surface area (Å²) < 4.78 is 0. The molecule has 4 atom stereocenters. The number of rotatable bonds is 17. The largest absolute Gasteiger partial charge is 0.480 e. The van der Waals surface area contributed by atoms with Gasteiger partial charge in [-0.25, -0.2) is 9.78 Å². The lowest BCUT2D eigenvalue weighted by atomic mass is 10.1. The molecule has 0 aliphatic rings. The number of aliphatic carboxylic acids is 1. The predicted molar refractivity (Wildman–Crippen MR) is 133 cm³/mol. The van der Waals surface area contributed by atoms with Gasteiger partial charge in [0.1, 0.15) is 18.1 Å². The van der Waals surface area contributed by atoms with Crippen molar-refractivity contribution >= 4 is 48.1 Å². The molecule has 0 spiro atoms. The summed E-state index contributed by atoms with van der Waals surface area (Å²) in [4.78, 5) is 56.4. The number of carbonyl (C=O) groups is 4. The molecule has 0 radical (unpaired) electrons. The van der Waals surface area contributed by atoms with Crippen LogP contribution in [-0.4, -0.2) is 87.2 Å². The Labute approximate surface area is 208 Å². The number of nitrogens with two attached hydrogens (primary N) is 2. The summed E-state index contributed by atoms with van der Waals surface area (Å²) in [6, 6.07) is -4.06. The molecule has 3 amide bonds. The van der Waals surface area contributed by atoms with E-state index < -0.39 is 47.9 Å². The first-order chi connectivity index (χ1) is 16.2. The standard InChI is InChI=1S/C20H35N7O5S2/c1-34-7-5-13(22)17(28)27-16(10-33)19(30)26-15(8-12-9-23-11-24-12)18(29)25-14(20(31)32)4-2-3-6-21/h9,11,13-16,33H,2-8,10,21-22H2,1H3,(H,23,24)(H,25,29)(H,26,30)(H,27,28)(H,31,32). The molecule has 34 heavy (non-hydrogen) atoms. The fraction of sp³-hybridized carbons (Fsp3) is 0.650. The summed E-state index contributed by atoms with van der Waals surface area (Å²) in [6.45, 7) is 0.413. The molecule has 1 aromatic heterocycles. The topological polar surface area (TPSA) is 205 Å². The number of nitrogens with zero attached hydrogens (tertiary/aromatic N) is 1. The van der Waals surface area contributed by atoms with Crippen LogP contribution in [0.4, 0.5) is 0 Å². The molecule has 12 nitrogen and oxygen atoms in total. The summed E-state index contributed by atoms with van der Waals surface area (Å²) in [5, 5.41) is 17.1. The highest BCUT2D eigenvalue weighted by atomic mass is 32.2. The molecule has 0 aliphatic carbocycles. The van der Waals surface area contributed by atoms with Crippen LogP contribution in [0.2, 0.25) is 0 Å². The zero-order valence-electron chi connectivity index (χ0n) is 19.2. The minimum absolute atomic E-state index is 0.0257. The Kier molecular flexibility index (Phi) is 14.3. The molecule has 0 bridgehead atoms. The molecule has 1 aromatic rings. The van der Waals surface area contributed by atoms with Crippen LogP contribution in [0.25, 0.3) is 0 Å². The van der Waals surface area contributed by atoms with Gasteiger partial charge in [-0.3, -0.25) is 14.4 Å². The van der Waals surface area contributed by atoms with Crippen LogP contribution in [0, 0.1) is 0 Å². The van der Waals surface area contributed by atoms with E-state index in [1.165, 1.54) is 12.5 Å². The number of hydrogen-bond acceptors (Lipinski definition) is 9. The molecule has 192 valence electrons. The normalized spacial score (nSPS) is 14.5. The van der Waals surface area contributed by atoms with Crippen LogP contribution in [0.3, 0.4) is 0 Å². The number of carboxylic acid groups (broad SMARTS) is 1. The van der Waals surface area contributed by atoms with E-state index in [9.17, 15) is 24.3 Å². The third-order valence-corrected chi connectivity index (χ3v) is 5.97. The van der Waals surface area contributed by atoms with Gasteiger partial charge in [0, 0.05) is 24.1 Å². The smallest absolute Gasteiger partial charge is 0.326 e. The summed E-state index contributed by atoms with van der Waals surface area (Å²) in [7, 11) is 0. The monoisotopic (exact) mass is 517 g/mol. The Morgan fingerprint density at radius 2 is 1.74 bits per heavy atom. The van der Waals surface area contributed by atoms with Gasteiger partial charge in [0.05, 0.1) is 12.4 Å². The van der Waals surface area contributed by atoms with Crippen molar-refractivity contribution in [1.82, 2.24) is 25.9 Å². The van der Waals surface area contributed by atoms with Crippen LogP contribution in [0.1, 0.15) is 31.4 Å². The first-order valence-electron chi connectivity index (χ1n) is 10.9. The zero-order chi connectivity index (χ0) is 25.5. The number of amides is 3. The number of hydrogen-bond donors (Lipinski definition) is 8. The Morgan fingerprint density at radius 1 is 1.09 bits per heavy atom. The van der Waals surface area contributed by atoms with E-state index in [4.69, 9.17) is 11.5 Å². The number of imidazole rings is 1. The molecule has 0 aliphatic heterocycles. The molecular formula is C20H35N7O5S2. The SMILES string of the molecule is CSCCC(N)C(=O)NC(CS)C(=O)NC(Cc1cnc[nH]1)C(=O)NC(CCCCN)C(=O)O. The lowest BCUT2D eigenvalue weighted by Crippen LogP contribution is -2.58. The predicted octanol–water partition coefficient (Wildman–Crippen LogP) is -1.37. The highest BCUT2D eigenvalue weighted by Gasteiger charge is 2.30. The lowest BCUT2D eigenvalue weighted by molar-refractivity contribution is -0.142. The number of carboxylic acids is 1. The molecule has 14 heteroatoms. The van der Waals surface area contributed by atoms with Gasteiger partial charge in [-0.2, -0.15) is 24.4 Å². The van der Waals surface area contributed by atoms with E-state index in [2.05, 4.69) is 38.5 Å². The van der Waals surface area contributed by atoms with Gasteiger partial charge in [0.2, 0.25) is 17.7 Å². The first-order valence-corrected chi connectivity index (χ1v) is 12.9. The van der Waals surface area contributed by atoms with Crippen molar-refractivity contribution < 1.29 is 24.3 Å². The Hall–Kier alpha value is -2.29. The highest BCUT2D eigenvalue weighted by molar-refractivity contribution is 7.98. The van der Waals surface area contributed by atoms with Crippen molar-refractivity contribution in [3.05, 3.63) is 18.2 Å². The van der Waals surface area contributed by atoms with Crippen molar-refractivity contribution in [3.63, 3.8) is 0 Å². The maximum absolute atomic E-state index is 12.9. The number of thiol groups is 1. The quantitative estimate of drug-likeness (QED) is 0.0905. The highest BCUT2D eigenvalue weighted by Crippen LogP contribution is 2.05. The maximum Gasteiger partial charge on any atom is 0.326 e. The van der Waals surface area contributed by atoms with Gasteiger partial charge in [-0.1, -0.05) is 0 Å². The van der Waals surface area contributed by atoms with Crippen LogP contribution in [-0.2, 0) is 25.6 Å². The molecular weight excluding hydrogens is 482 g/mol. The Morgan fingerprint density at radius 3 is 2.29 bits per heavy atom. The van der Waals surface area contributed by atoms with E-state index in [1.54, 1.807) is 11.8 Å². The third kappa shape index (κ3) is 10.8. The minimum Gasteiger partial charge on any atom is -0.480 e. The molecule has 9 N–H and O–H groups in total. The first kappa shape index (κ1) is 29.7. The zero-order valence-corrected chi connectivity index (χ0v) is 20.9. The average molecular weight is 518 g/mol. The average Bonchev–Trinajstić information content (AvgIpc) is 3.32. The number of carbonyl (C=O) groups excluding carboxylic acids is 3. The van der Waals surface area contributed by atoms with Crippen molar-refractivity contribution in [2.75, 3.05) is 24.3 Å². The summed E-state index contributed by atoms with van der Waals surface area (Å²) in [5.74, 6) is -2.34. The van der Waals surface area contributed by atoms with Crippen LogP contribution in [0.5, 0.6) is 0 Å². The van der Waals surface area contributed by atoms with E-state index in [0.717, 1.165) is 0 Å². The number of unbranched alkanes of at least 4 members (excludes halogenated alkanes) is 1. The third-order valence-electron chi connectivity index (χ3n) is 4.96. The fourth-order valence-corrected chi connectivity index (χ4v) is 3.72. The summed E-state index contributed by atoms with van der Waals surface area (Å²) in [5.41, 5.74) is 11.9. The second kappa shape index (κ2) is 16.4. The van der Waals surface area contributed by atoms with E-state index in [0.29, 0.717) is 37.3 Å². The van der Waals surface area contributed by atoms with E-state index >= 15 is 0 Å². The molecule has 0 fully saturated rings. The number of aromatic nitrogens is 2. The van der Waals surface area contributed by atoms with E-state index in [-0.39, 0.29) is 18.6 Å². The van der Waals surface area contributed by atoms with Crippen LogP contribution < -0.4 is 27.4 Å². The number of nitrogens with one attached hydrogen (secondary N) is 4. The van der Waals surface area contributed by atoms with Crippen molar-refractivity contribution in [3.8, 4) is 0 Å². The van der Waals surface area contributed by atoms with Crippen LogP contribution in [0.15, 0.2) is 12.5 Å². The van der Waals surface area contributed by atoms with E-state index in [1.807, 2.05) is 6.26 Å². The summed E-state index contributed by atoms with van der Waals surface area (Å²) in [6.07, 6.45) is 6.63. The number of aromatic amines is 1. The Balaban J connectivity index is 2.89. The molecule has 1 rings (SSSR count). The van der Waals surface area contributed by atoms with Gasteiger partial charge < -0.3 is 37.5 Å². The van der Waals surface area contributed by atoms with Gasteiger partial charge in [-0.15, -0.1) is 0 Å². The van der Waals surface area contributed by atoms with Gasteiger partial charge in [-0.05, 0) is 44.2 Å². The lowest BCUT2D eigenvalue weighted by Gasteiger charge is -2.24. The van der Waals surface area contributed by atoms with Crippen molar-refractivity contribution in [2.45, 2.75) is 56.3 Å². The van der Waals surface area contributed by atoms with Crippen LogP contribution >= 0.6 is 24.4 Å². The fourth-order valence-electron chi connectivity index (χ4n) is 2.97. The maximum atomic E-state index is 12.9. The van der Waals surface area contributed by atoms with Gasteiger partial charge in [0.15, 0.2) is 0 Å². The van der Waals surface area contributed by atoms with Gasteiger partial charge in [0.25, 0.3) is 0 Å². The molecule has 4 unspecified atom stereocenters. The Bertz CT molecular complexity index is 781. The number of H-pyrrole nitrogens is 1. The van der Waals surface area contributed by atoms with Gasteiger partial charge >= 0.3 is 5.97 Å². The summed E-state index contributed by atoms with van der Waals surface area (Å²) >= 11 is 5.69. The van der Waals surface area contributed by atoms with Crippen molar-refractivity contribution in [1.29, 1.82) is 0 Å².